The van der Waals surface area contributed by atoms with Crippen molar-refractivity contribution in [3.05, 3.63) is 83.2 Å². The number of aliphatic hydroxyl groups is 2. The summed E-state index contributed by atoms with van der Waals surface area (Å²) in [4.78, 5) is 81.5. The van der Waals surface area contributed by atoms with Gasteiger partial charge in [0, 0.05) is 85.3 Å². The zero-order chi connectivity index (χ0) is 53.9. The molecule has 2 aromatic carbocycles. The standard InChI is InChI=1S/2C27H35N3O2.C4H6O6/c2*1-6-29(7-2)25(31)19-13-21-20-9-8-10-22-24(20)18(14-23(21)28(5)15-19)16-30(22)26(32)27(4)12-11-17(27)3;5-1(3(7)8)2(6)4(9)10/h2*8-10,13,16-17,19,23H,6-7,11-12,14-15H2,1-5H3;1-2,5-6H,(H,7,8)(H,9,10)/t2*17-,19-,23-,27+;1-,2-/m111/s1. The zero-order valence-corrected chi connectivity index (χ0v) is 44.8. The van der Waals surface area contributed by atoms with Gasteiger partial charge in [-0.1, -0.05) is 64.1 Å². The molecule has 10 rings (SSSR count). The second kappa shape index (κ2) is 21.0. The maximum absolute atomic E-state index is 13.6. The molecule has 16 nitrogen and oxygen atoms in total. The molecular weight excluding hydrogens is 941 g/mol. The van der Waals surface area contributed by atoms with Gasteiger partial charge in [0.15, 0.2) is 12.2 Å². The normalized spacial score (nSPS) is 27.5. The molecule has 4 heterocycles. The number of hydrogen-bond acceptors (Lipinski definition) is 10. The molecule has 2 aliphatic heterocycles. The fourth-order valence-corrected chi connectivity index (χ4v) is 12.5. The Balaban J connectivity index is 0.000000167. The Labute approximate surface area is 434 Å². The SMILES string of the molecule is CCN(CC)C(=O)[C@@H]1C=C2c3cccc4c3c(cn4C(=O)[C@@]3(C)CC[C@H]3C)C[C@H]2N(C)C1.CCN(CC)C(=O)[C@@H]1C=C2c3cccc4c3c(cn4C(=O)[C@@]3(C)CC[C@H]3C)C[C@H]2N(C)C1.O=C(O)[C@H](O)[C@@H](O)C(=O)O. The van der Waals surface area contributed by atoms with Crippen molar-refractivity contribution in [1.29, 1.82) is 0 Å². The van der Waals surface area contributed by atoms with Crippen LogP contribution < -0.4 is 0 Å². The lowest BCUT2D eigenvalue weighted by atomic mass is 9.61. The van der Waals surface area contributed by atoms with Crippen molar-refractivity contribution in [3.63, 3.8) is 0 Å². The summed E-state index contributed by atoms with van der Waals surface area (Å²) in [6.45, 7) is 21.2. The van der Waals surface area contributed by atoms with Crippen LogP contribution >= 0.6 is 0 Å². The summed E-state index contributed by atoms with van der Waals surface area (Å²) in [5.74, 6) is -2.05. The van der Waals surface area contributed by atoms with Crippen LogP contribution in [0.3, 0.4) is 0 Å². The van der Waals surface area contributed by atoms with E-state index in [2.05, 4.69) is 113 Å². The number of carbonyl (C=O) groups is 6. The summed E-state index contributed by atoms with van der Waals surface area (Å²) in [6.07, 6.45) is 10.1. The molecule has 6 aliphatic rings. The number of carboxylic acid groups (broad SMARTS) is 2. The summed E-state index contributed by atoms with van der Waals surface area (Å²) in [5, 5.41) is 34.9. The minimum absolute atomic E-state index is 0.124. The van der Waals surface area contributed by atoms with Gasteiger partial charge in [-0.25, -0.2) is 9.59 Å². The second-order valence-electron chi connectivity index (χ2n) is 22.1. The van der Waals surface area contributed by atoms with E-state index in [-0.39, 0.29) is 58.4 Å². The minimum Gasteiger partial charge on any atom is -0.479 e. The third kappa shape index (κ3) is 9.23. The number of likely N-dealkylation sites (N-methyl/N-ethyl adjacent to an activating group) is 2. The Kier molecular flexibility index (Phi) is 15.4. The van der Waals surface area contributed by atoms with E-state index >= 15 is 0 Å². The molecule has 0 spiro atoms. The van der Waals surface area contributed by atoms with Crippen LogP contribution in [0, 0.1) is 34.5 Å². The summed E-state index contributed by atoms with van der Waals surface area (Å²) < 4.78 is 3.86. The third-order valence-corrected chi connectivity index (χ3v) is 18.2. The highest BCUT2D eigenvalue weighted by Crippen LogP contribution is 2.51. The van der Waals surface area contributed by atoms with Gasteiger partial charge in [0.25, 0.3) is 0 Å². The molecule has 0 radical (unpaired) electrons. The number of fused-ring (bicyclic) bond motifs is 4. The van der Waals surface area contributed by atoms with Crippen LogP contribution in [0.2, 0.25) is 0 Å². The van der Waals surface area contributed by atoms with E-state index in [9.17, 15) is 28.8 Å². The minimum atomic E-state index is -2.27. The highest BCUT2D eigenvalue weighted by molar-refractivity contribution is 6.06. The van der Waals surface area contributed by atoms with Crippen LogP contribution in [0.1, 0.15) is 113 Å². The molecule has 16 heteroatoms. The molecule has 4 aromatic rings. The number of rotatable bonds is 11. The molecule has 4 N–H and O–H groups in total. The monoisotopic (exact) mass is 1020 g/mol. The Morgan fingerprint density at radius 2 is 0.959 bits per heavy atom. The fraction of sp³-hybridized carbons (Fsp3) is 0.552. The highest BCUT2D eigenvalue weighted by atomic mass is 16.4. The maximum atomic E-state index is 13.6. The largest absolute Gasteiger partial charge is 0.479 e. The van der Waals surface area contributed by atoms with Gasteiger partial charge in [-0.05, 0) is 138 Å². The smallest absolute Gasteiger partial charge is 0.335 e. The van der Waals surface area contributed by atoms with Crippen LogP contribution in [0.4, 0.5) is 0 Å². The molecule has 2 aromatic heterocycles. The third-order valence-electron chi connectivity index (χ3n) is 18.2. The summed E-state index contributed by atoms with van der Waals surface area (Å²) in [6, 6.07) is 13.1. The van der Waals surface area contributed by atoms with E-state index in [0.717, 1.165) is 88.8 Å². The lowest BCUT2D eigenvalue weighted by molar-refractivity contribution is -0.165. The molecular formula is C58H76N6O10. The van der Waals surface area contributed by atoms with E-state index < -0.39 is 24.1 Å². The summed E-state index contributed by atoms with van der Waals surface area (Å²) >= 11 is 0. The number of hydrogen-bond donors (Lipinski definition) is 4. The fourth-order valence-electron chi connectivity index (χ4n) is 12.5. The van der Waals surface area contributed by atoms with E-state index in [1.54, 1.807) is 0 Å². The number of aliphatic hydroxyl groups excluding tert-OH is 2. The molecule has 10 atom stereocenters. The van der Waals surface area contributed by atoms with Gasteiger partial charge in [0.05, 0.1) is 22.9 Å². The Bertz CT molecular complexity index is 2750. The van der Waals surface area contributed by atoms with Crippen molar-refractivity contribution in [2.45, 2.75) is 118 Å². The van der Waals surface area contributed by atoms with Crippen LogP contribution in [0.15, 0.2) is 60.9 Å². The lowest BCUT2D eigenvalue weighted by Crippen LogP contribution is -2.47. The van der Waals surface area contributed by atoms with Crippen LogP contribution in [-0.2, 0) is 32.0 Å². The van der Waals surface area contributed by atoms with Crippen LogP contribution in [0.25, 0.3) is 33.0 Å². The van der Waals surface area contributed by atoms with E-state index in [1.165, 1.54) is 44.2 Å². The van der Waals surface area contributed by atoms with Crippen LogP contribution in [-0.4, -0.2) is 162 Å². The molecule has 0 bridgehead atoms. The first-order chi connectivity index (χ1) is 35.1. The molecule has 4 aliphatic carbocycles. The van der Waals surface area contributed by atoms with Crippen molar-refractivity contribution in [2.75, 3.05) is 53.4 Å². The van der Waals surface area contributed by atoms with Gasteiger partial charge in [0.1, 0.15) is 0 Å². The molecule has 74 heavy (non-hydrogen) atoms. The van der Waals surface area contributed by atoms with Crippen molar-refractivity contribution in [2.24, 2.45) is 34.5 Å². The quantitative estimate of drug-likeness (QED) is 0.123. The van der Waals surface area contributed by atoms with Gasteiger partial charge in [-0.15, -0.1) is 0 Å². The molecule has 398 valence electrons. The molecule has 0 unspecified atom stereocenters. The predicted octanol–water partition coefficient (Wildman–Crippen LogP) is 6.79. The van der Waals surface area contributed by atoms with E-state index in [4.69, 9.17) is 20.4 Å². The van der Waals surface area contributed by atoms with Gasteiger partial charge < -0.3 is 30.2 Å². The first kappa shape index (κ1) is 54.3. The summed E-state index contributed by atoms with van der Waals surface area (Å²) in [7, 11) is 4.26. The van der Waals surface area contributed by atoms with Crippen LogP contribution in [0.5, 0.6) is 0 Å². The first-order valence-corrected chi connectivity index (χ1v) is 26.7. The molecule has 2 saturated carbocycles. The van der Waals surface area contributed by atoms with Crippen molar-refractivity contribution in [1.82, 2.24) is 28.7 Å². The van der Waals surface area contributed by atoms with Crippen molar-refractivity contribution < 1.29 is 49.2 Å². The number of carboxylic acids is 2. The lowest BCUT2D eigenvalue weighted by Gasteiger charge is -2.43. The zero-order valence-electron chi connectivity index (χ0n) is 44.8. The Hall–Kier alpha value is -5.94. The maximum Gasteiger partial charge on any atom is 0.335 e. The number of carbonyl (C=O) groups excluding carboxylic acids is 4. The molecule has 2 amide bonds. The van der Waals surface area contributed by atoms with E-state index in [1.807, 2.05) is 46.6 Å². The number of benzene rings is 2. The summed E-state index contributed by atoms with van der Waals surface area (Å²) in [5.41, 5.74) is 8.88. The highest BCUT2D eigenvalue weighted by Gasteiger charge is 2.49. The molecule has 0 saturated heterocycles. The Morgan fingerprint density at radius 1 is 0.608 bits per heavy atom. The van der Waals surface area contributed by atoms with E-state index in [0.29, 0.717) is 11.8 Å². The van der Waals surface area contributed by atoms with Crippen molar-refractivity contribution in [3.8, 4) is 0 Å². The first-order valence-electron chi connectivity index (χ1n) is 26.7. The number of aliphatic carboxylic acids is 2. The Morgan fingerprint density at radius 3 is 1.24 bits per heavy atom. The predicted molar refractivity (Wildman–Crippen MR) is 284 cm³/mol. The van der Waals surface area contributed by atoms with Gasteiger partial charge >= 0.3 is 11.9 Å². The number of aromatic nitrogens is 2. The van der Waals surface area contributed by atoms with Gasteiger partial charge in [-0.3, -0.25) is 38.1 Å². The average molecular weight is 1020 g/mol. The van der Waals surface area contributed by atoms with Gasteiger partial charge in [-0.2, -0.15) is 0 Å². The van der Waals surface area contributed by atoms with Gasteiger partial charge in [0.2, 0.25) is 23.6 Å². The number of nitrogens with zero attached hydrogens (tertiary/aromatic N) is 6. The average Bonchev–Trinajstić information content (AvgIpc) is 3.97. The number of amides is 2. The second-order valence-corrected chi connectivity index (χ2v) is 22.1. The van der Waals surface area contributed by atoms with Crippen molar-refractivity contribution >= 4 is 68.5 Å². The topological polar surface area (TPSA) is 206 Å². The molecule has 2 fully saturated rings.